The summed E-state index contributed by atoms with van der Waals surface area (Å²) >= 11 is 1.70. The summed E-state index contributed by atoms with van der Waals surface area (Å²) in [5.41, 5.74) is 3.86. The molecule has 10 nitrogen and oxygen atoms in total. The standard InChI is InChI=1S/C41H54N4O6S2/c1-27(2)37-43-22-35(52-37)31-12-19-42-36(21-31)45(26-40-13-16-41(17-14-40,18-15-40)32-10-11-34(50-4)28(3)20-32)38(46)30-8-6-29(7-9-30)25-51-39(47)44-23-33(24-44)53(5,48)49/h10-12,19-22,27,29-30,33H,6-9,13-18,23-26H2,1-5H3. The number of carbonyl (C=O) groups excluding carboxylic acids is 2. The minimum Gasteiger partial charge on any atom is -0.496 e. The van der Waals surface area contributed by atoms with E-state index in [4.69, 9.17) is 14.5 Å². The van der Waals surface area contributed by atoms with Gasteiger partial charge in [-0.25, -0.2) is 23.2 Å². The molecular weight excluding hydrogens is 709 g/mol. The Balaban J connectivity index is 1.05. The van der Waals surface area contributed by atoms with Gasteiger partial charge in [-0.3, -0.25) is 9.69 Å². The molecule has 0 radical (unpaired) electrons. The van der Waals surface area contributed by atoms with E-state index in [0.29, 0.717) is 24.9 Å². The molecule has 0 N–H and O–H groups in total. The average molecular weight is 763 g/mol. The van der Waals surface area contributed by atoms with E-state index in [1.807, 2.05) is 23.4 Å². The van der Waals surface area contributed by atoms with Crippen LogP contribution in [0.25, 0.3) is 10.4 Å². The van der Waals surface area contributed by atoms with Gasteiger partial charge in [-0.15, -0.1) is 11.3 Å². The van der Waals surface area contributed by atoms with Crippen molar-refractivity contribution in [3.05, 3.63) is 58.9 Å². The molecule has 4 saturated carbocycles. The molecule has 2 amide bonds. The van der Waals surface area contributed by atoms with Crippen molar-refractivity contribution < 1.29 is 27.5 Å². The van der Waals surface area contributed by atoms with Crippen LogP contribution in [0, 0.1) is 24.2 Å². The number of anilines is 1. The maximum Gasteiger partial charge on any atom is 0.409 e. The lowest BCUT2D eigenvalue weighted by atomic mass is 9.51. The number of benzene rings is 1. The van der Waals surface area contributed by atoms with Crippen molar-refractivity contribution in [2.45, 2.75) is 102 Å². The van der Waals surface area contributed by atoms with Crippen LogP contribution in [0.4, 0.5) is 10.6 Å². The summed E-state index contributed by atoms with van der Waals surface area (Å²) < 4.78 is 34.6. The molecular formula is C41H54N4O6S2. The van der Waals surface area contributed by atoms with Gasteiger partial charge in [0.05, 0.1) is 28.9 Å². The highest BCUT2D eigenvalue weighted by atomic mass is 32.2. The minimum atomic E-state index is -3.16. The lowest BCUT2D eigenvalue weighted by Crippen LogP contribution is -2.56. The Kier molecular flexibility index (Phi) is 10.7. The van der Waals surface area contributed by atoms with E-state index in [2.05, 4.69) is 50.0 Å². The molecule has 4 aliphatic carbocycles. The summed E-state index contributed by atoms with van der Waals surface area (Å²) in [4.78, 5) is 41.3. The van der Waals surface area contributed by atoms with E-state index < -0.39 is 21.2 Å². The number of pyridine rings is 1. The lowest BCUT2D eigenvalue weighted by molar-refractivity contribution is -0.124. The van der Waals surface area contributed by atoms with Crippen LogP contribution in [0.2, 0.25) is 0 Å². The van der Waals surface area contributed by atoms with Gasteiger partial charge in [0.15, 0.2) is 9.84 Å². The summed E-state index contributed by atoms with van der Waals surface area (Å²) in [6.07, 6.45) is 14.2. The Labute approximate surface area is 318 Å². The van der Waals surface area contributed by atoms with Crippen LogP contribution in [0.15, 0.2) is 42.7 Å². The molecule has 2 aromatic heterocycles. The van der Waals surface area contributed by atoms with Crippen LogP contribution in [-0.2, 0) is 24.8 Å². The number of aromatic nitrogens is 2. The molecule has 1 saturated heterocycles. The van der Waals surface area contributed by atoms with Crippen molar-refractivity contribution in [1.29, 1.82) is 0 Å². The van der Waals surface area contributed by atoms with Crippen LogP contribution in [0.1, 0.15) is 100 Å². The third-order valence-electron chi connectivity index (χ3n) is 12.8. The fourth-order valence-electron chi connectivity index (χ4n) is 9.09. The van der Waals surface area contributed by atoms with Gasteiger partial charge >= 0.3 is 6.09 Å². The van der Waals surface area contributed by atoms with E-state index in [1.54, 1.807) is 18.4 Å². The number of amides is 2. The molecule has 3 heterocycles. The number of hydrogen-bond donors (Lipinski definition) is 0. The molecule has 5 aliphatic rings. The maximum atomic E-state index is 14.7. The molecule has 1 aromatic carbocycles. The van der Waals surface area contributed by atoms with Crippen LogP contribution in [0.3, 0.4) is 0 Å². The van der Waals surface area contributed by atoms with Gasteiger partial charge in [0, 0.05) is 50.1 Å². The summed E-state index contributed by atoms with van der Waals surface area (Å²) in [5, 5.41) is 0.590. The number of likely N-dealkylation sites (tertiary alicyclic amines) is 1. The second kappa shape index (κ2) is 15.0. The molecule has 286 valence electrons. The van der Waals surface area contributed by atoms with Gasteiger partial charge in [0.2, 0.25) is 5.91 Å². The number of carbonyl (C=O) groups is 2. The fraction of sp³-hybridized carbons (Fsp3) is 0.610. The summed E-state index contributed by atoms with van der Waals surface area (Å²) in [5.74, 6) is 2.19. The number of hydrogen-bond acceptors (Lipinski definition) is 9. The highest BCUT2D eigenvalue weighted by molar-refractivity contribution is 7.91. The van der Waals surface area contributed by atoms with Crippen LogP contribution in [0.5, 0.6) is 5.75 Å². The quantitative estimate of drug-likeness (QED) is 0.193. The first-order chi connectivity index (χ1) is 25.3. The number of sulfone groups is 1. The summed E-state index contributed by atoms with van der Waals surface area (Å²) in [6, 6.07) is 10.8. The van der Waals surface area contributed by atoms with Crippen molar-refractivity contribution in [3.63, 3.8) is 0 Å². The molecule has 3 aromatic rings. The van der Waals surface area contributed by atoms with E-state index in [-0.39, 0.29) is 41.7 Å². The highest BCUT2D eigenvalue weighted by Crippen LogP contribution is 2.58. The van der Waals surface area contributed by atoms with E-state index in [9.17, 15) is 18.0 Å². The predicted octanol–water partition coefficient (Wildman–Crippen LogP) is 7.94. The fourth-order valence-corrected chi connectivity index (χ4v) is 10.9. The Bertz CT molecular complexity index is 1900. The van der Waals surface area contributed by atoms with Gasteiger partial charge < -0.3 is 14.4 Å². The second-order valence-corrected chi connectivity index (χ2v) is 20.0. The van der Waals surface area contributed by atoms with Gasteiger partial charge in [-0.1, -0.05) is 26.0 Å². The second-order valence-electron chi connectivity index (χ2n) is 16.7. The van der Waals surface area contributed by atoms with Crippen molar-refractivity contribution in [2.24, 2.45) is 17.3 Å². The first kappa shape index (κ1) is 37.8. The van der Waals surface area contributed by atoms with Crippen LogP contribution >= 0.6 is 11.3 Å². The predicted molar refractivity (Wildman–Crippen MR) is 208 cm³/mol. The van der Waals surface area contributed by atoms with Crippen molar-refractivity contribution in [1.82, 2.24) is 14.9 Å². The molecule has 53 heavy (non-hydrogen) atoms. The average Bonchev–Trinajstić information content (AvgIpc) is 3.64. The normalized spacial score (nSPS) is 26.0. The largest absolute Gasteiger partial charge is 0.496 e. The SMILES string of the molecule is COc1ccc(C23CCC(CN(C(=O)C4CCC(COC(=O)N5CC(S(C)(=O)=O)C5)CC4)c4cc(-c5cnc(C(C)C)s5)ccn4)(CC2)CC3)cc1C. The Hall–Kier alpha value is -3.51. The molecule has 2 bridgehead atoms. The molecule has 0 spiro atoms. The Morgan fingerprint density at radius 1 is 1.00 bits per heavy atom. The minimum absolute atomic E-state index is 0.0459. The van der Waals surface area contributed by atoms with Gasteiger partial charge in [0.25, 0.3) is 0 Å². The number of rotatable bonds is 11. The van der Waals surface area contributed by atoms with Crippen molar-refractivity contribution in [2.75, 3.05) is 44.5 Å². The first-order valence-electron chi connectivity index (χ1n) is 19.3. The zero-order chi connectivity index (χ0) is 37.5. The smallest absolute Gasteiger partial charge is 0.409 e. The number of thiazole rings is 1. The molecule has 12 heteroatoms. The molecule has 0 unspecified atom stereocenters. The van der Waals surface area contributed by atoms with Crippen LogP contribution in [-0.4, -0.2) is 80.1 Å². The van der Waals surface area contributed by atoms with Crippen LogP contribution < -0.4 is 9.64 Å². The topological polar surface area (TPSA) is 119 Å². The van der Waals surface area contributed by atoms with Crippen molar-refractivity contribution in [3.8, 4) is 16.2 Å². The molecule has 8 rings (SSSR count). The highest BCUT2D eigenvalue weighted by Gasteiger charge is 2.51. The molecule has 5 fully saturated rings. The summed E-state index contributed by atoms with van der Waals surface area (Å²) in [7, 11) is -1.43. The van der Waals surface area contributed by atoms with E-state index in [0.717, 1.165) is 85.4 Å². The summed E-state index contributed by atoms with van der Waals surface area (Å²) in [6.45, 7) is 7.77. The third-order valence-corrected chi connectivity index (χ3v) is 15.7. The number of aryl methyl sites for hydroxylation is 1. The number of fused-ring (bicyclic) bond motifs is 3. The van der Waals surface area contributed by atoms with Gasteiger partial charge in [-0.05, 0) is 123 Å². The van der Waals surface area contributed by atoms with Gasteiger partial charge in [0.1, 0.15) is 11.6 Å². The molecule has 0 atom stereocenters. The zero-order valence-corrected chi connectivity index (χ0v) is 33.4. The molecule has 1 aliphatic heterocycles. The Morgan fingerprint density at radius 2 is 1.70 bits per heavy atom. The third kappa shape index (κ3) is 7.86. The van der Waals surface area contributed by atoms with E-state index in [1.165, 1.54) is 22.3 Å². The van der Waals surface area contributed by atoms with Gasteiger partial charge in [-0.2, -0.15) is 0 Å². The monoisotopic (exact) mass is 762 g/mol. The number of nitrogens with zero attached hydrogens (tertiary/aromatic N) is 4. The van der Waals surface area contributed by atoms with E-state index >= 15 is 0 Å². The zero-order valence-electron chi connectivity index (χ0n) is 31.8. The Morgan fingerprint density at radius 3 is 2.30 bits per heavy atom. The number of methoxy groups -OCH3 is 1. The first-order valence-corrected chi connectivity index (χ1v) is 22.0. The maximum absolute atomic E-state index is 14.7. The van der Waals surface area contributed by atoms with Crippen molar-refractivity contribution >= 4 is 39.0 Å². The number of ether oxygens (including phenoxy) is 2. The lowest BCUT2D eigenvalue weighted by Gasteiger charge is -2.55.